The van der Waals surface area contributed by atoms with Crippen LogP contribution >= 0.6 is 0 Å². The van der Waals surface area contributed by atoms with Crippen molar-refractivity contribution in [3.05, 3.63) is 136 Å². The predicted octanol–water partition coefficient (Wildman–Crippen LogP) is 12.7. The summed E-state index contributed by atoms with van der Waals surface area (Å²) in [6, 6.07) is 29.0. The molecule has 7 rings (SSSR count). The molecule has 0 radical (unpaired) electrons. The van der Waals surface area contributed by atoms with Crippen molar-refractivity contribution in [1.82, 2.24) is 20.4 Å². The molecule has 0 unspecified atom stereocenters. The van der Waals surface area contributed by atoms with Crippen LogP contribution in [0, 0.1) is 6.92 Å². The number of ether oxygens (including phenoxy) is 2. The predicted molar refractivity (Wildman–Crippen MR) is 297 cm³/mol. The summed E-state index contributed by atoms with van der Waals surface area (Å²) in [5.41, 5.74) is 4.92. The molecule has 0 atom stereocenters. The second-order valence-corrected chi connectivity index (χ2v) is 21.4. The van der Waals surface area contributed by atoms with Crippen molar-refractivity contribution < 1.29 is 41.6 Å². The van der Waals surface area contributed by atoms with Crippen molar-refractivity contribution >= 4 is 44.5 Å². The molecule has 3 N–H and O–H groups in total. The number of aryl methyl sites for hydroxylation is 1. The van der Waals surface area contributed by atoms with Crippen LogP contribution in [0.2, 0.25) is 0 Å². The van der Waals surface area contributed by atoms with Gasteiger partial charge in [-0.2, -0.15) is 8.42 Å². The lowest BCUT2D eigenvalue weighted by Crippen LogP contribution is -2.43. The van der Waals surface area contributed by atoms with Gasteiger partial charge in [-0.3, -0.25) is 33.5 Å². The number of hydrogen-bond acceptors (Lipinski definition) is 10. The molecule has 13 nitrogen and oxygen atoms in total. The molecule has 0 saturated heterocycles. The summed E-state index contributed by atoms with van der Waals surface area (Å²) in [6.45, 7) is 6.25. The third-order valence-electron chi connectivity index (χ3n) is 14.4. The summed E-state index contributed by atoms with van der Waals surface area (Å²) >= 11 is 0. The van der Waals surface area contributed by atoms with E-state index in [9.17, 15) is 27.6 Å². The van der Waals surface area contributed by atoms with Crippen LogP contribution in [0.15, 0.2) is 102 Å². The maximum atomic E-state index is 13.7. The molecular formula is C61H80N4O9S. The molecule has 0 fully saturated rings. The molecule has 2 aliphatic rings. The molecule has 0 saturated carbocycles. The zero-order valence-electron chi connectivity index (χ0n) is 44.6. The molecular weight excluding hydrogens is 965 g/mol. The van der Waals surface area contributed by atoms with E-state index in [1.54, 1.807) is 50.6 Å². The van der Waals surface area contributed by atoms with Crippen LogP contribution in [0.25, 0.3) is 10.8 Å². The number of methoxy groups -OCH3 is 2. The highest BCUT2D eigenvalue weighted by atomic mass is 32.2. The van der Waals surface area contributed by atoms with Crippen LogP contribution in [-0.4, -0.2) is 86.8 Å². The van der Waals surface area contributed by atoms with Gasteiger partial charge in [0.25, 0.3) is 33.7 Å². The fourth-order valence-electron chi connectivity index (χ4n) is 10.1. The summed E-state index contributed by atoms with van der Waals surface area (Å²) in [7, 11) is -0.593. The highest BCUT2D eigenvalue weighted by molar-refractivity contribution is 7.85. The Morgan fingerprint density at radius 1 is 0.427 bits per heavy atom. The monoisotopic (exact) mass is 1040 g/mol. The Labute approximate surface area is 445 Å². The van der Waals surface area contributed by atoms with E-state index in [-0.39, 0.29) is 28.5 Å². The number of imide groups is 2. The van der Waals surface area contributed by atoms with Gasteiger partial charge in [0.05, 0.1) is 19.1 Å². The summed E-state index contributed by atoms with van der Waals surface area (Å²) in [5.74, 6) is 0.503. The normalized spacial score (nSPS) is 13.1. The summed E-state index contributed by atoms with van der Waals surface area (Å²) in [4.78, 5) is 57.6. The number of benzene rings is 5. The Kier molecular flexibility index (Phi) is 23.8. The average molecular weight is 1050 g/mol. The van der Waals surface area contributed by atoms with Gasteiger partial charge in [0.1, 0.15) is 11.5 Å². The first kappa shape index (κ1) is 58.3. The molecule has 0 spiro atoms. The summed E-state index contributed by atoms with van der Waals surface area (Å²) in [5, 5.41) is 7.96. The fraction of sp³-hybridized carbons (Fsp3) is 0.475. The van der Waals surface area contributed by atoms with Crippen LogP contribution in [-0.2, 0) is 23.2 Å². The third-order valence-corrected chi connectivity index (χ3v) is 15.2. The van der Waals surface area contributed by atoms with Crippen molar-refractivity contribution in [1.29, 1.82) is 0 Å². The van der Waals surface area contributed by atoms with Gasteiger partial charge in [0.15, 0.2) is 0 Å². The largest absolute Gasteiger partial charge is 0.496 e. The van der Waals surface area contributed by atoms with E-state index in [0.717, 1.165) is 94.6 Å². The maximum absolute atomic E-state index is 13.7. The van der Waals surface area contributed by atoms with E-state index in [1.165, 1.54) is 110 Å². The number of para-hydroxylation sites is 2. The van der Waals surface area contributed by atoms with Crippen molar-refractivity contribution in [2.24, 2.45) is 0 Å². The number of hydrogen-bond donors (Lipinski definition) is 3. The lowest BCUT2D eigenvalue weighted by molar-refractivity contribution is 0.0586. The summed E-state index contributed by atoms with van der Waals surface area (Å²) < 4.78 is 40.4. The minimum atomic E-state index is -4.02. The molecule has 4 amide bonds. The van der Waals surface area contributed by atoms with E-state index < -0.39 is 10.1 Å². The molecule has 14 heteroatoms. The first-order valence-electron chi connectivity index (χ1n) is 27.5. The van der Waals surface area contributed by atoms with E-state index in [4.69, 9.17) is 14.0 Å². The second-order valence-electron chi connectivity index (χ2n) is 19.9. The minimum absolute atomic E-state index is 0.0666. The number of unbranched alkanes of at least 4 members (excludes halogenated alkanes) is 18. The number of carbonyl (C=O) groups excluding carboxylic acids is 4. The molecule has 75 heavy (non-hydrogen) atoms. The van der Waals surface area contributed by atoms with Gasteiger partial charge in [-0.1, -0.05) is 157 Å². The van der Waals surface area contributed by atoms with Crippen LogP contribution < -0.4 is 20.1 Å². The van der Waals surface area contributed by atoms with Gasteiger partial charge in [-0.25, -0.2) is 0 Å². The minimum Gasteiger partial charge on any atom is -0.496 e. The lowest BCUT2D eigenvalue weighted by atomic mass is 9.86. The Morgan fingerprint density at radius 2 is 0.733 bits per heavy atom. The molecule has 2 aliphatic heterocycles. The maximum Gasteiger partial charge on any atom is 0.294 e. The van der Waals surface area contributed by atoms with Crippen molar-refractivity contribution in [3.63, 3.8) is 0 Å². The van der Waals surface area contributed by atoms with Crippen LogP contribution in [0.4, 0.5) is 0 Å². The average Bonchev–Trinajstić information content (AvgIpc) is 3.42. The van der Waals surface area contributed by atoms with E-state index in [1.807, 2.05) is 43.3 Å². The van der Waals surface area contributed by atoms with Crippen molar-refractivity contribution in [2.75, 3.05) is 40.4 Å². The fourth-order valence-corrected chi connectivity index (χ4v) is 10.6. The molecule has 5 aromatic rings. The smallest absolute Gasteiger partial charge is 0.294 e. The first-order valence-corrected chi connectivity index (χ1v) is 28.9. The van der Waals surface area contributed by atoms with Crippen LogP contribution in [0.1, 0.15) is 187 Å². The van der Waals surface area contributed by atoms with E-state index >= 15 is 0 Å². The Morgan fingerprint density at radius 3 is 1.05 bits per heavy atom. The molecule has 404 valence electrons. The van der Waals surface area contributed by atoms with Gasteiger partial charge in [-0.15, -0.1) is 0 Å². The quantitative estimate of drug-likeness (QED) is 0.0207. The van der Waals surface area contributed by atoms with Crippen LogP contribution in [0.5, 0.6) is 11.5 Å². The van der Waals surface area contributed by atoms with Gasteiger partial charge in [-0.05, 0) is 94.2 Å². The highest BCUT2D eigenvalue weighted by Crippen LogP contribution is 2.38. The molecule has 5 aromatic carbocycles. The number of nitrogens with one attached hydrogen (secondary N) is 2. The molecule has 0 aromatic heterocycles. The third kappa shape index (κ3) is 17.0. The van der Waals surface area contributed by atoms with Crippen molar-refractivity contribution in [2.45, 2.75) is 153 Å². The van der Waals surface area contributed by atoms with E-state index in [0.29, 0.717) is 46.1 Å². The Hall–Kier alpha value is -5.93. The second kappa shape index (κ2) is 30.6. The number of amides is 4. The topological polar surface area (TPSA) is 172 Å². The lowest BCUT2D eigenvalue weighted by Gasteiger charge is -2.32. The van der Waals surface area contributed by atoms with Gasteiger partial charge < -0.3 is 20.1 Å². The molecule has 0 bridgehead atoms. The number of rotatable bonds is 33. The highest BCUT2D eigenvalue weighted by Gasteiger charge is 2.39. The van der Waals surface area contributed by atoms with Crippen LogP contribution in [0.3, 0.4) is 0 Å². The number of nitrogens with zero attached hydrogens (tertiary/aromatic N) is 2. The first-order chi connectivity index (χ1) is 36.4. The molecule has 0 aliphatic carbocycles. The van der Waals surface area contributed by atoms with E-state index in [2.05, 4.69) is 22.8 Å². The van der Waals surface area contributed by atoms with Crippen molar-refractivity contribution in [3.8, 4) is 11.5 Å². The standard InChI is InChI=1S/C54H72N4O6.C7H8O3S/c1-63-47-29-21-19-27-41(47)39-55-35-23-15-11-7-3-5-9-13-17-25-37-57-51(59)43-31-33-45-50-46(34-32-44(49(43)50)52(57)60)54(62)58(53(45)61)38-26-18-14-10-6-4-8-12-16-24-36-56-40-42-28-20-22-30-48(42)64-2;1-6-2-4-7(5-3-6)11(8,9)10/h19-22,27-34,55-56H,3-18,23-26,35-40H2,1-2H3;2-5H,1H3,(H,8,9,10). The number of carbonyl (C=O) groups is 4. The Bertz CT molecular complexity index is 2540. The van der Waals surface area contributed by atoms with Gasteiger partial charge in [0, 0.05) is 70.3 Å². The summed E-state index contributed by atoms with van der Waals surface area (Å²) in [6.07, 6.45) is 22.6. The van der Waals surface area contributed by atoms with Gasteiger partial charge in [0.2, 0.25) is 0 Å². The molecule has 2 heterocycles. The Balaban J connectivity index is 0.000000737. The zero-order chi connectivity index (χ0) is 53.4. The zero-order valence-corrected chi connectivity index (χ0v) is 45.5. The SMILES string of the molecule is COc1ccccc1CNCCCCCCCCCCCCN1C(=O)c2ccc3c4c(ccc(c24)C1=O)C(=O)N(CCCCCCCCCCCCNCc1ccccc1OC)C3=O.Cc1ccc(S(=O)(=O)O)cc1. The van der Waals surface area contributed by atoms with Gasteiger partial charge >= 0.3 is 0 Å².